The molecule has 0 spiro atoms. The highest BCUT2D eigenvalue weighted by Gasteiger charge is 2.18. The van der Waals surface area contributed by atoms with Gasteiger partial charge in [0.25, 0.3) is 0 Å². The predicted molar refractivity (Wildman–Crippen MR) is 86.3 cm³/mol. The predicted octanol–water partition coefficient (Wildman–Crippen LogP) is 2.64. The average Bonchev–Trinajstić information content (AvgIpc) is 2.92. The second kappa shape index (κ2) is 5.19. The zero-order valence-corrected chi connectivity index (χ0v) is 13.0. The Kier molecular flexibility index (Phi) is 3.47. The molecule has 0 bridgehead atoms. The first kappa shape index (κ1) is 14.7. The average molecular weight is 296 g/mol. The van der Waals surface area contributed by atoms with Crippen molar-refractivity contribution in [3.8, 4) is 11.3 Å². The highest BCUT2D eigenvalue weighted by Crippen LogP contribution is 2.29. The van der Waals surface area contributed by atoms with Crippen LogP contribution in [0.1, 0.15) is 37.9 Å². The normalized spacial score (nSPS) is 13.5. The third-order valence-corrected chi connectivity index (χ3v) is 3.75. The molecule has 5 heteroatoms. The molecule has 0 aliphatic rings. The summed E-state index contributed by atoms with van der Waals surface area (Å²) < 4.78 is 1.73. The smallest absolute Gasteiger partial charge is 0.153 e. The summed E-state index contributed by atoms with van der Waals surface area (Å²) in [4.78, 5) is 4.26. The Labute approximate surface area is 129 Å². The van der Waals surface area contributed by atoms with Crippen molar-refractivity contribution in [2.24, 2.45) is 5.73 Å². The van der Waals surface area contributed by atoms with Crippen LogP contribution in [0.25, 0.3) is 16.9 Å². The van der Waals surface area contributed by atoms with E-state index < -0.39 is 5.60 Å². The first-order valence-corrected chi connectivity index (χ1v) is 7.29. The molecule has 22 heavy (non-hydrogen) atoms. The van der Waals surface area contributed by atoms with Gasteiger partial charge in [-0.15, -0.1) is 0 Å². The number of rotatable bonds is 3. The summed E-state index contributed by atoms with van der Waals surface area (Å²) in [5.41, 5.74) is 9.50. The number of nitrogens with zero attached hydrogens (tertiary/aromatic N) is 3. The van der Waals surface area contributed by atoms with Crippen molar-refractivity contribution in [3.63, 3.8) is 0 Å². The summed E-state index contributed by atoms with van der Waals surface area (Å²) in [6, 6.07) is 9.57. The molecule has 1 atom stereocenters. The van der Waals surface area contributed by atoms with Gasteiger partial charge >= 0.3 is 0 Å². The maximum atomic E-state index is 10.2. The van der Waals surface area contributed by atoms with E-state index >= 15 is 0 Å². The Bertz CT molecular complexity index is 815. The number of nitrogens with two attached hydrogens (primary N) is 1. The number of aromatic nitrogens is 3. The Morgan fingerprint density at radius 2 is 2.05 bits per heavy atom. The molecule has 0 fully saturated rings. The second-order valence-corrected chi connectivity index (χ2v) is 6.11. The standard InChI is InChI=1S/C17H20N4O/c1-11(18)14-10-15-19-7-8-21(15)20-16(14)12-5-4-6-13(9-12)17(2,3)22/h4-11,22H,18H2,1-3H3. The van der Waals surface area contributed by atoms with E-state index in [-0.39, 0.29) is 6.04 Å². The van der Waals surface area contributed by atoms with Crippen LogP contribution in [0.5, 0.6) is 0 Å². The molecule has 3 N–H and O–H groups in total. The molecule has 1 aromatic carbocycles. The van der Waals surface area contributed by atoms with Gasteiger partial charge in [0.2, 0.25) is 0 Å². The molecule has 3 aromatic rings. The van der Waals surface area contributed by atoms with Crippen LogP contribution in [0.2, 0.25) is 0 Å². The molecular weight excluding hydrogens is 276 g/mol. The summed E-state index contributed by atoms with van der Waals surface area (Å²) >= 11 is 0. The van der Waals surface area contributed by atoms with Crippen LogP contribution < -0.4 is 5.73 Å². The molecular formula is C17H20N4O. The monoisotopic (exact) mass is 296 g/mol. The van der Waals surface area contributed by atoms with E-state index in [9.17, 15) is 5.11 Å². The highest BCUT2D eigenvalue weighted by molar-refractivity contribution is 5.66. The Morgan fingerprint density at radius 1 is 1.27 bits per heavy atom. The van der Waals surface area contributed by atoms with Gasteiger partial charge in [-0.1, -0.05) is 18.2 Å². The molecule has 0 radical (unpaired) electrons. The largest absolute Gasteiger partial charge is 0.386 e. The Balaban J connectivity index is 2.22. The van der Waals surface area contributed by atoms with Gasteiger partial charge in [-0.2, -0.15) is 5.10 Å². The lowest BCUT2D eigenvalue weighted by molar-refractivity contribution is 0.0786. The minimum atomic E-state index is -0.899. The maximum Gasteiger partial charge on any atom is 0.153 e. The van der Waals surface area contributed by atoms with E-state index in [0.717, 1.165) is 28.0 Å². The lowest BCUT2D eigenvalue weighted by Gasteiger charge is -2.19. The highest BCUT2D eigenvalue weighted by atomic mass is 16.3. The van der Waals surface area contributed by atoms with Crippen LogP contribution in [0.4, 0.5) is 0 Å². The van der Waals surface area contributed by atoms with Gasteiger partial charge in [0, 0.05) is 29.6 Å². The molecule has 0 aliphatic carbocycles. The molecule has 114 valence electrons. The van der Waals surface area contributed by atoms with Crippen molar-refractivity contribution >= 4 is 5.65 Å². The number of imidazole rings is 1. The molecule has 0 amide bonds. The summed E-state index contributed by atoms with van der Waals surface area (Å²) in [6.45, 7) is 5.47. The quantitative estimate of drug-likeness (QED) is 0.779. The van der Waals surface area contributed by atoms with Crippen molar-refractivity contribution in [1.29, 1.82) is 0 Å². The second-order valence-electron chi connectivity index (χ2n) is 6.11. The lowest BCUT2D eigenvalue weighted by Crippen LogP contribution is -2.15. The van der Waals surface area contributed by atoms with Crippen LogP contribution in [-0.4, -0.2) is 19.7 Å². The number of fused-ring (bicyclic) bond motifs is 1. The number of benzene rings is 1. The van der Waals surface area contributed by atoms with E-state index in [1.807, 2.05) is 43.5 Å². The van der Waals surface area contributed by atoms with Gasteiger partial charge in [-0.3, -0.25) is 0 Å². The first-order chi connectivity index (χ1) is 10.4. The fourth-order valence-corrected chi connectivity index (χ4v) is 2.49. The van der Waals surface area contributed by atoms with Crippen LogP contribution in [-0.2, 0) is 5.60 Å². The van der Waals surface area contributed by atoms with Crippen molar-refractivity contribution in [2.45, 2.75) is 32.4 Å². The van der Waals surface area contributed by atoms with Crippen LogP contribution in [0.15, 0.2) is 42.7 Å². The minimum Gasteiger partial charge on any atom is -0.386 e. The van der Waals surface area contributed by atoms with E-state index in [1.165, 1.54) is 0 Å². The molecule has 1 unspecified atom stereocenters. The van der Waals surface area contributed by atoms with Crippen LogP contribution >= 0.6 is 0 Å². The van der Waals surface area contributed by atoms with E-state index in [0.29, 0.717) is 0 Å². The van der Waals surface area contributed by atoms with Gasteiger partial charge in [0.15, 0.2) is 5.65 Å². The van der Waals surface area contributed by atoms with Crippen LogP contribution in [0.3, 0.4) is 0 Å². The summed E-state index contributed by atoms with van der Waals surface area (Å²) in [7, 11) is 0. The first-order valence-electron chi connectivity index (χ1n) is 7.29. The van der Waals surface area contributed by atoms with E-state index in [1.54, 1.807) is 24.6 Å². The third-order valence-electron chi connectivity index (χ3n) is 3.75. The number of hydrogen-bond acceptors (Lipinski definition) is 4. The third kappa shape index (κ3) is 2.61. The molecule has 0 aliphatic heterocycles. The fourth-order valence-electron chi connectivity index (χ4n) is 2.49. The Hall–Kier alpha value is -2.24. The van der Waals surface area contributed by atoms with Gasteiger partial charge < -0.3 is 10.8 Å². The molecule has 2 aromatic heterocycles. The zero-order valence-electron chi connectivity index (χ0n) is 13.0. The molecule has 5 nitrogen and oxygen atoms in total. The Morgan fingerprint density at radius 3 is 2.73 bits per heavy atom. The fraction of sp³-hybridized carbons (Fsp3) is 0.294. The van der Waals surface area contributed by atoms with Crippen molar-refractivity contribution < 1.29 is 5.11 Å². The number of hydrogen-bond donors (Lipinski definition) is 2. The van der Waals surface area contributed by atoms with Gasteiger partial charge in [0.05, 0.1) is 11.3 Å². The van der Waals surface area contributed by atoms with Crippen LogP contribution in [0, 0.1) is 0 Å². The van der Waals surface area contributed by atoms with Crippen molar-refractivity contribution in [1.82, 2.24) is 14.6 Å². The van der Waals surface area contributed by atoms with Gasteiger partial charge in [-0.05, 0) is 38.5 Å². The molecule has 0 saturated heterocycles. The molecule has 0 saturated carbocycles. The van der Waals surface area contributed by atoms with E-state index in [2.05, 4.69) is 10.1 Å². The molecule has 3 rings (SSSR count). The topological polar surface area (TPSA) is 76.4 Å². The van der Waals surface area contributed by atoms with Crippen molar-refractivity contribution in [2.75, 3.05) is 0 Å². The lowest BCUT2D eigenvalue weighted by atomic mass is 9.94. The SMILES string of the molecule is CC(N)c1cc2nccn2nc1-c1cccc(C(C)(C)O)c1. The summed E-state index contributed by atoms with van der Waals surface area (Å²) in [5.74, 6) is 0. The number of aliphatic hydroxyl groups is 1. The summed E-state index contributed by atoms with van der Waals surface area (Å²) in [6.07, 6.45) is 3.52. The maximum absolute atomic E-state index is 10.2. The minimum absolute atomic E-state index is 0.157. The van der Waals surface area contributed by atoms with Gasteiger partial charge in [0.1, 0.15) is 0 Å². The summed E-state index contributed by atoms with van der Waals surface area (Å²) in [5, 5.41) is 14.9. The van der Waals surface area contributed by atoms with E-state index in [4.69, 9.17) is 5.73 Å². The zero-order chi connectivity index (χ0) is 15.9. The van der Waals surface area contributed by atoms with Crippen molar-refractivity contribution in [3.05, 3.63) is 53.9 Å². The van der Waals surface area contributed by atoms with Gasteiger partial charge in [-0.25, -0.2) is 9.50 Å². The molecule has 2 heterocycles.